The number of amides is 1. The predicted octanol–water partition coefficient (Wildman–Crippen LogP) is 2.44. The Labute approximate surface area is 132 Å². The summed E-state index contributed by atoms with van der Waals surface area (Å²) in [5.74, 6) is 1.16. The van der Waals surface area contributed by atoms with Crippen molar-refractivity contribution in [3.8, 4) is 11.5 Å². The molecule has 22 heavy (non-hydrogen) atoms. The van der Waals surface area contributed by atoms with Gasteiger partial charge in [0.25, 0.3) is 5.91 Å². The van der Waals surface area contributed by atoms with Crippen molar-refractivity contribution in [3.05, 3.63) is 23.8 Å². The summed E-state index contributed by atoms with van der Waals surface area (Å²) >= 11 is 0. The molecule has 1 heterocycles. The fourth-order valence-electron chi connectivity index (χ4n) is 2.59. The van der Waals surface area contributed by atoms with Crippen LogP contribution in [0.1, 0.15) is 43.0 Å². The van der Waals surface area contributed by atoms with E-state index in [1.54, 1.807) is 13.2 Å². The summed E-state index contributed by atoms with van der Waals surface area (Å²) in [6, 6.07) is 5.66. The van der Waals surface area contributed by atoms with Crippen molar-refractivity contribution in [1.82, 2.24) is 4.90 Å². The summed E-state index contributed by atoms with van der Waals surface area (Å²) in [4.78, 5) is 14.6. The van der Waals surface area contributed by atoms with Gasteiger partial charge in [0, 0.05) is 19.1 Å². The molecule has 1 amide bonds. The van der Waals surface area contributed by atoms with Crippen LogP contribution < -0.4 is 15.2 Å². The lowest BCUT2D eigenvalue weighted by atomic mass is 10.0. The van der Waals surface area contributed by atoms with Crippen LogP contribution in [0.4, 0.5) is 0 Å². The van der Waals surface area contributed by atoms with E-state index in [0.29, 0.717) is 36.8 Å². The molecule has 0 bridgehead atoms. The molecule has 0 saturated carbocycles. The number of hydrogen-bond acceptors (Lipinski definition) is 4. The molecule has 1 aliphatic rings. The van der Waals surface area contributed by atoms with Gasteiger partial charge in [-0.15, -0.1) is 0 Å². The maximum Gasteiger partial charge on any atom is 0.257 e. The van der Waals surface area contributed by atoms with E-state index < -0.39 is 0 Å². The number of piperidine rings is 1. The molecule has 1 aromatic carbocycles. The summed E-state index contributed by atoms with van der Waals surface area (Å²) in [6.07, 6.45) is 3.69. The topological polar surface area (TPSA) is 64.8 Å². The number of methoxy groups -OCH3 is 1. The Morgan fingerprint density at radius 3 is 2.73 bits per heavy atom. The van der Waals surface area contributed by atoms with Gasteiger partial charge in [-0.2, -0.15) is 0 Å². The molecule has 2 rings (SSSR count). The molecule has 2 N–H and O–H groups in total. The molecular weight excluding hydrogens is 280 g/mol. The normalized spacial score (nSPS) is 15.7. The van der Waals surface area contributed by atoms with E-state index in [1.807, 2.05) is 17.0 Å². The maximum absolute atomic E-state index is 12.8. The van der Waals surface area contributed by atoms with Gasteiger partial charge >= 0.3 is 0 Å². The number of nitrogens with two attached hydrogens (primary N) is 1. The number of likely N-dealkylation sites (tertiary alicyclic amines) is 1. The van der Waals surface area contributed by atoms with Crippen molar-refractivity contribution in [2.45, 2.75) is 38.6 Å². The number of hydrogen-bond donors (Lipinski definition) is 1. The highest BCUT2D eigenvalue weighted by Crippen LogP contribution is 2.32. The number of rotatable bonds is 6. The maximum atomic E-state index is 12.8. The predicted molar refractivity (Wildman–Crippen MR) is 86.5 cm³/mol. The molecule has 0 aromatic heterocycles. The third-order valence-electron chi connectivity index (χ3n) is 4.00. The van der Waals surface area contributed by atoms with Crippen molar-refractivity contribution in [3.63, 3.8) is 0 Å². The quantitative estimate of drug-likeness (QED) is 0.820. The van der Waals surface area contributed by atoms with Gasteiger partial charge in [-0.3, -0.25) is 4.79 Å². The second-order valence-electron chi connectivity index (χ2n) is 5.67. The lowest BCUT2D eigenvalue weighted by Crippen LogP contribution is -2.42. The SMILES string of the molecule is CCCCOc1c(OC)cccc1C(=O)N1CCC(N)CC1. The second-order valence-corrected chi connectivity index (χ2v) is 5.67. The molecule has 0 unspecified atom stereocenters. The van der Waals surface area contributed by atoms with Gasteiger partial charge in [0.05, 0.1) is 19.3 Å². The molecule has 1 aromatic rings. The van der Waals surface area contributed by atoms with Crippen LogP contribution in [0.25, 0.3) is 0 Å². The fourth-order valence-corrected chi connectivity index (χ4v) is 2.59. The van der Waals surface area contributed by atoms with Crippen molar-refractivity contribution < 1.29 is 14.3 Å². The van der Waals surface area contributed by atoms with Crippen LogP contribution in [-0.4, -0.2) is 43.7 Å². The minimum Gasteiger partial charge on any atom is -0.493 e. The first-order valence-electron chi connectivity index (χ1n) is 8.02. The van der Waals surface area contributed by atoms with E-state index >= 15 is 0 Å². The number of benzene rings is 1. The van der Waals surface area contributed by atoms with Gasteiger partial charge in [-0.1, -0.05) is 19.4 Å². The van der Waals surface area contributed by atoms with Crippen molar-refractivity contribution in [2.75, 3.05) is 26.8 Å². The average Bonchev–Trinajstić information content (AvgIpc) is 2.55. The standard InChI is InChI=1S/C17H26N2O3/c1-3-4-12-22-16-14(6-5-7-15(16)21-2)17(20)19-10-8-13(18)9-11-19/h5-7,13H,3-4,8-12,18H2,1-2H3. The lowest BCUT2D eigenvalue weighted by molar-refractivity contribution is 0.0709. The third kappa shape index (κ3) is 3.91. The van der Waals surface area contributed by atoms with Crippen LogP contribution in [0.2, 0.25) is 0 Å². The zero-order valence-electron chi connectivity index (χ0n) is 13.5. The van der Waals surface area contributed by atoms with E-state index in [0.717, 1.165) is 25.7 Å². The van der Waals surface area contributed by atoms with E-state index in [4.69, 9.17) is 15.2 Å². The molecule has 0 spiro atoms. The number of carbonyl (C=O) groups excluding carboxylic acids is 1. The molecule has 5 nitrogen and oxygen atoms in total. The minimum atomic E-state index is -0.00250. The third-order valence-corrected chi connectivity index (χ3v) is 4.00. The Morgan fingerprint density at radius 1 is 1.36 bits per heavy atom. The Hall–Kier alpha value is -1.75. The molecule has 1 fully saturated rings. The Bertz CT molecular complexity index is 497. The summed E-state index contributed by atoms with van der Waals surface area (Å²) < 4.78 is 11.2. The summed E-state index contributed by atoms with van der Waals surface area (Å²) in [5, 5.41) is 0. The summed E-state index contributed by atoms with van der Waals surface area (Å²) in [6.45, 7) is 4.09. The summed E-state index contributed by atoms with van der Waals surface area (Å²) in [7, 11) is 1.59. The van der Waals surface area contributed by atoms with Crippen molar-refractivity contribution in [1.29, 1.82) is 0 Å². The number of ether oxygens (including phenoxy) is 2. The van der Waals surface area contributed by atoms with Crippen LogP contribution in [0, 0.1) is 0 Å². The van der Waals surface area contributed by atoms with Gasteiger partial charge < -0.3 is 20.1 Å². The first kappa shape index (κ1) is 16.6. The number of carbonyl (C=O) groups is 1. The van der Waals surface area contributed by atoms with Crippen LogP contribution in [0.5, 0.6) is 11.5 Å². The van der Waals surface area contributed by atoms with Crippen LogP contribution in [-0.2, 0) is 0 Å². The van der Waals surface area contributed by atoms with Gasteiger partial charge in [0.2, 0.25) is 0 Å². The highest BCUT2D eigenvalue weighted by molar-refractivity contribution is 5.97. The molecule has 0 atom stereocenters. The fraction of sp³-hybridized carbons (Fsp3) is 0.588. The Balaban J connectivity index is 2.19. The molecule has 0 aliphatic carbocycles. The molecule has 122 valence electrons. The smallest absolute Gasteiger partial charge is 0.257 e. The van der Waals surface area contributed by atoms with E-state index in [-0.39, 0.29) is 11.9 Å². The zero-order valence-corrected chi connectivity index (χ0v) is 13.5. The molecule has 0 radical (unpaired) electrons. The molecular formula is C17H26N2O3. The highest BCUT2D eigenvalue weighted by atomic mass is 16.5. The number of unbranched alkanes of at least 4 members (excludes halogenated alkanes) is 1. The van der Waals surface area contributed by atoms with Gasteiger partial charge in [-0.25, -0.2) is 0 Å². The zero-order chi connectivity index (χ0) is 15.9. The van der Waals surface area contributed by atoms with E-state index in [1.165, 1.54) is 0 Å². The first-order valence-corrected chi connectivity index (χ1v) is 8.02. The van der Waals surface area contributed by atoms with Crippen LogP contribution in [0.3, 0.4) is 0 Å². The molecule has 1 saturated heterocycles. The van der Waals surface area contributed by atoms with Crippen LogP contribution >= 0.6 is 0 Å². The lowest BCUT2D eigenvalue weighted by Gasteiger charge is -2.30. The number of nitrogens with zero attached hydrogens (tertiary/aromatic N) is 1. The first-order chi connectivity index (χ1) is 10.7. The Kier molecular flexibility index (Phi) is 6.07. The largest absolute Gasteiger partial charge is 0.493 e. The van der Waals surface area contributed by atoms with Gasteiger partial charge in [-0.05, 0) is 31.4 Å². The van der Waals surface area contributed by atoms with E-state index in [9.17, 15) is 4.79 Å². The molecule has 1 aliphatic heterocycles. The Morgan fingerprint density at radius 2 is 2.09 bits per heavy atom. The minimum absolute atomic E-state index is 0.00250. The van der Waals surface area contributed by atoms with Crippen molar-refractivity contribution in [2.24, 2.45) is 5.73 Å². The van der Waals surface area contributed by atoms with E-state index in [2.05, 4.69) is 6.92 Å². The molecule has 5 heteroatoms. The monoisotopic (exact) mass is 306 g/mol. The van der Waals surface area contributed by atoms with Gasteiger partial charge in [0.1, 0.15) is 0 Å². The van der Waals surface area contributed by atoms with Gasteiger partial charge in [0.15, 0.2) is 11.5 Å². The average molecular weight is 306 g/mol. The highest BCUT2D eigenvalue weighted by Gasteiger charge is 2.25. The summed E-state index contributed by atoms with van der Waals surface area (Å²) in [5.41, 5.74) is 6.48. The number of para-hydroxylation sites is 1. The second kappa shape index (κ2) is 8.03. The van der Waals surface area contributed by atoms with Crippen molar-refractivity contribution >= 4 is 5.91 Å². The van der Waals surface area contributed by atoms with Crippen LogP contribution in [0.15, 0.2) is 18.2 Å².